The van der Waals surface area contributed by atoms with Crippen molar-refractivity contribution in [3.63, 3.8) is 0 Å². The first-order valence-corrected chi connectivity index (χ1v) is 8.48. The molecule has 2 aromatic carbocycles. The molecule has 1 N–H and O–H groups in total. The lowest BCUT2D eigenvalue weighted by atomic mass is 10.2. The van der Waals surface area contributed by atoms with Gasteiger partial charge in [-0.25, -0.2) is 0 Å². The third-order valence-corrected chi connectivity index (χ3v) is 4.35. The SMILES string of the molecule is Clc1ccc(NCc2ccc(OCC3CCCO3)cc2)c(Cl)c1. The molecule has 5 heteroatoms. The van der Waals surface area contributed by atoms with Crippen molar-refractivity contribution in [2.45, 2.75) is 25.5 Å². The molecular weight excluding hydrogens is 333 g/mol. The molecule has 0 radical (unpaired) electrons. The summed E-state index contributed by atoms with van der Waals surface area (Å²) in [6.45, 7) is 2.16. The quantitative estimate of drug-likeness (QED) is 0.779. The fourth-order valence-corrected chi connectivity index (χ4v) is 2.97. The van der Waals surface area contributed by atoms with Crippen molar-refractivity contribution in [2.75, 3.05) is 18.5 Å². The molecule has 3 nitrogen and oxygen atoms in total. The molecule has 1 heterocycles. The standard InChI is InChI=1S/C18H19Cl2NO2/c19-14-5-8-18(17(20)10-14)21-11-13-3-6-15(7-4-13)23-12-16-2-1-9-22-16/h3-8,10,16,21H,1-2,9,11-12H2. The molecule has 1 aliphatic rings. The highest BCUT2D eigenvalue weighted by Gasteiger charge is 2.15. The summed E-state index contributed by atoms with van der Waals surface area (Å²) >= 11 is 12.0. The van der Waals surface area contributed by atoms with Crippen LogP contribution >= 0.6 is 23.2 Å². The van der Waals surface area contributed by atoms with Crippen LogP contribution in [0.1, 0.15) is 18.4 Å². The van der Waals surface area contributed by atoms with Gasteiger partial charge in [-0.1, -0.05) is 35.3 Å². The number of benzene rings is 2. The van der Waals surface area contributed by atoms with E-state index in [2.05, 4.69) is 5.32 Å². The first-order valence-electron chi connectivity index (χ1n) is 7.73. The zero-order valence-electron chi connectivity index (χ0n) is 12.7. The van der Waals surface area contributed by atoms with Crippen LogP contribution < -0.4 is 10.1 Å². The summed E-state index contributed by atoms with van der Waals surface area (Å²) in [5.41, 5.74) is 2.02. The Labute approximate surface area is 146 Å². The number of hydrogen-bond donors (Lipinski definition) is 1. The maximum absolute atomic E-state index is 6.15. The van der Waals surface area contributed by atoms with Crippen LogP contribution in [0.15, 0.2) is 42.5 Å². The van der Waals surface area contributed by atoms with Gasteiger partial charge in [-0.3, -0.25) is 0 Å². The Hall–Kier alpha value is -1.42. The van der Waals surface area contributed by atoms with Crippen molar-refractivity contribution >= 4 is 28.9 Å². The average molecular weight is 352 g/mol. The lowest BCUT2D eigenvalue weighted by Crippen LogP contribution is -2.16. The van der Waals surface area contributed by atoms with Crippen molar-refractivity contribution in [2.24, 2.45) is 0 Å². The number of ether oxygens (including phenoxy) is 2. The van der Waals surface area contributed by atoms with Gasteiger partial charge in [0.15, 0.2) is 0 Å². The number of hydrogen-bond acceptors (Lipinski definition) is 3. The molecule has 1 atom stereocenters. The zero-order valence-corrected chi connectivity index (χ0v) is 14.2. The fourth-order valence-electron chi connectivity index (χ4n) is 2.50. The smallest absolute Gasteiger partial charge is 0.119 e. The Morgan fingerprint density at radius 2 is 1.96 bits per heavy atom. The van der Waals surface area contributed by atoms with Gasteiger partial charge < -0.3 is 14.8 Å². The van der Waals surface area contributed by atoms with E-state index in [0.717, 1.165) is 36.4 Å². The van der Waals surface area contributed by atoms with Crippen molar-refractivity contribution in [1.29, 1.82) is 0 Å². The van der Waals surface area contributed by atoms with E-state index in [0.29, 0.717) is 23.2 Å². The summed E-state index contributed by atoms with van der Waals surface area (Å²) in [7, 11) is 0. The molecule has 122 valence electrons. The van der Waals surface area contributed by atoms with Gasteiger partial charge in [0, 0.05) is 18.2 Å². The van der Waals surface area contributed by atoms with E-state index < -0.39 is 0 Å². The Morgan fingerprint density at radius 1 is 1.13 bits per heavy atom. The minimum Gasteiger partial charge on any atom is -0.491 e. The van der Waals surface area contributed by atoms with E-state index in [4.69, 9.17) is 32.7 Å². The van der Waals surface area contributed by atoms with Gasteiger partial charge in [0.05, 0.1) is 16.8 Å². The van der Waals surface area contributed by atoms with E-state index in [9.17, 15) is 0 Å². The van der Waals surface area contributed by atoms with E-state index >= 15 is 0 Å². The molecule has 23 heavy (non-hydrogen) atoms. The van der Waals surface area contributed by atoms with Crippen molar-refractivity contribution in [3.8, 4) is 5.75 Å². The predicted molar refractivity (Wildman–Crippen MR) is 94.7 cm³/mol. The van der Waals surface area contributed by atoms with Crippen LogP contribution in [0.2, 0.25) is 10.0 Å². The molecule has 1 unspecified atom stereocenters. The molecule has 0 spiro atoms. The van der Waals surface area contributed by atoms with E-state index in [1.165, 1.54) is 0 Å². The Bertz CT molecular complexity index is 640. The number of halogens is 2. The summed E-state index contributed by atoms with van der Waals surface area (Å²) < 4.78 is 11.3. The minimum atomic E-state index is 0.239. The molecule has 0 saturated carbocycles. The van der Waals surface area contributed by atoms with Crippen LogP contribution in [0.3, 0.4) is 0 Å². The van der Waals surface area contributed by atoms with Gasteiger partial charge in [0.1, 0.15) is 12.4 Å². The first kappa shape index (κ1) is 16.4. The van der Waals surface area contributed by atoms with Crippen LogP contribution in [0.5, 0.6) is 5.75 Å². The Morgan fingerprint density at radius 3 is 2.65 bits per heavy atom. The van der Waals surface area contributed by atoms with Gasteiger partial charge >= 0.3 is 0 Å². The highest BCUT2D eigenvalue weighted by atomic mass is 35.5. The van der Waals surface area contributed by atoms with Gasteiger partial charge in [-0.05, 0) is 48.7 Å². The van der Waals surface area contributed by atoms with E-state index in [-0.39, 0.29) is 6.10 Å². The molecule has 0 aromatic heterocycles. The van der Waals surface area contributed by atoms with Crippen LogP contribution in [0.4, 0.5) is 5.69 Å². The average Bonchev–Trinajstić information content (AvgIpc) is 3.07. The molecule has 1 saturated heterocycles. The predicted octanol–water partition coefficient (Wildman–Crippen LogP) is 5.16. The summed E-state index contributed by atoms with van der Waals surface area (Å²) in [4.78, 5) is 0. The zero-order chi connectivity index (χ0) is 16.1. The highest BCUT2D eigenvalue weighted by Crippen LogP contribution is 2.26. The van der Waals surface area contributed by atoms with Crippen LogP contribution in [0.25, 0.3) is 0 Å². The lowest BCUT2D eigenvalue weighted by molar-refractivity contribution is 0.0679. The first-order chi connectivity index (χ1) is 11.2. The van der Waals surface area contributed by atoms with Crippen LogP contribution in [-0.2, 0) is 11.3 Å². The maximum Gasteiger partial charge on any atom is 0.119 e. The minimum absolute atomic E-state index is 0.239. The maximum atomic E-state index is 6.15. The van der Waals surface area contributed by atoms with Gasteiger partial charge in [-0.2, -0.15) is 0 Å². The summed E-state index contributed by atoms with van der Waals surface area (Å²) in [6.07, 6.45) is 2.46. The van der Waals surface area contributed by atoms with Gasteiger partial charge in [0.25, 0.3) is 0 Å². The number of anilines is 1. The highest BCUT2D eigenvalue weighted by molar-refractivity contribution is 6.36. The Kier molecular flexibility index (Phi) is 5.65. The van der Waals surface area contributed by atoms with Gasteiger partial charge in [0.2, 0.25) is 0 Å². The normalized spacial score (nSPS) is 17.2. The van der Waals surface area contributed by atoms with Crippen LogP contribution in [0, 0.1) is 0 Å². The van der Waals surface area contributed by atoms with Gasteiger partial charge in [-0.15, -0.1) is 0 Å². The molecule has 0 amide bonds. The molecule has 3 rings (SSSR count). The monoisotopic (exact) mass is 351 g/mol. The topological polar surface area (TPSA) is 30.5 Å². The third kappa shape index (κ3) is 4.77. The third-order valence-electron chi connectivity index (χ3n) is 3.80. The van der Waals surface area contributed by atoms with Crippen LogP contribution in [-0.4, -0.2) is 19.3 Å². The Balaban J connectivity index is 1.50. The molecule has 1 aliphatic heterocycles. The molecular formula is C18H19Cl2NO2. The molecule has 2 aromatic rings. The molecule has 0 bridgehead atoms. The number of rotatable bonds is 6. The van der Waals surface area contributed by atoms with Crippen molar-refractivity contribution in [3.05, 3.63) is 58.1 Å². The summed E-state index contributed by atoms with van der Waals surface area (Å²) in [6, 6.07) is 13.5. The van der Waals surface area contributed by atoms with E-state index in [1.54, 1.807) is 6.07 Å². The second-order valence-corrected chi connectivity index (χ2v) is 6.41. The van der Waals surface area contributed by atoms with Crippen molar-refractivity contribution < 1.29 is 9.47 Å². The fraction of sp³-hybridized carbons (Fsp3) is 0.333. The second-order valence-electron chi connectivity index (χ2n) is 5.57. The van der Waals surface area contributed by atoms with E-state index in [1.807, 2.05) is 36.4 Å². The largest absolute Gasteiger partial charge is 0.491 e. The molecule has 0 aliphatic carbocycles. The van der Waals surface area contributed by atoms with Crippen molar-refractivity contribution in [1.82, 2.24) is 0 Å². The lowest BCUT2D eigenvalue weighted by Gasteiger charge is -2.12. The molecule has 1 fully saturated rings. The summed E-state index contributed by atoms with van der Waals surface area (Å²) in [5, 5.41) is 4.55. The second kappa shape index (κ2) is 7.91. The summed E-state index contributed by atoms with van der Waals surface area (Å²) in [5.74, 6) is 0.869. The number of nitrogens with one attached hydrogen (secondary N) is 1.